The van der Waals surface area contributed by atoms with Crippen molar-refractivity contribution in [1.29, 1.82) is 5.26 Å². The van der Waals surface area contributed by atoms with Gasteiger partial charge in [0.1, 0.15) is 22.9 Å². The summed E-state index contributed by atoms with van der Waals surface area (Å²) in [6.45, 7) is 7.69. The predicted octanol–water partition coefficient (Wildman–Crippen LogP) is 2.63. The summed E-state index contributed by atoms with van der Waals surface area (Å²) < 4.78 is 10.8. The fraction of sp³-hybridized carbons (Fsp3) is 0.529. The maximum Gasteiger partial charge on any atom is 0.203 e. The Labute approximate surface area is 146 Å². The van der Waals surface area contributed by atoms with Crippen molar-refractivity contribution in [3.05, 3.63) is 39.7 Å². The molecule has 3 heterocycles. The Balaban J connectivity index is 1.46. The van der Waals surface area contributed by atoms with E-state index in [9.17, 15) is 0 Å². The maximum atomic E-state index is 8.81. The Morgan fingerprint density at radius 1 is 1.29 bits per heavy atom. The van der Waals surface area contributed by atoms with Crippen LogP contribution in [0.3, 0.4) is 0 Å². The molecule has 0 radical (unpaired) electrons. The minimum Gasteiger partial charge on any atom is -0.449 e. The molecule has 1 aliphatic rings. The normalized spacial score (nSPS) is 17.7. The summed E-state index contributed by atoms with van der Waals surface area (Å²) in [4.78, 5) is 9.45. The molecule has 128 valence electrons. The number of furan rings is 1. The van der Waals surface area contributed by atoms with E-state index in [1.54, 1.807) is 24.5 Å². The van der Waals surface area contributed by atoms with Crippen molar-refractivity contribution in [3.8, 4) is 6.07 Å². The van der Waals surface area contributed by atoms with Gasteiger partial charge in [0.25, 0.3) is 0 Å². The zero-order valence-electron chi connectivity index (χ0n) is 14.1. The molecule has 1 atom stereocenters. The number of methoxy groups -OCH3 is 1. The third kappa shape index (κ3) is 4.22. The standard InChI is InChI=1S/C17H22N4O2S/c1-13(22-2)17-19-14(12-24-17)10-20-5-7-21(8-6-20)11-16-4-3-15(9-18)23-16/h3-4,12-13H,5-8,10-11H2,1-2H3. The first kappa shape index (κ1) is 17.1. The zero-order valence-corrected chi connectivity index (χ0v) is 14.9. The van der Waals surface area contributed by atoms with Crippen LogP contribution < -0.4 is 0 Å². The molecule has 6 nitrogen and oxygen atoms in total. The molecule has 2 aromatic rings. The molecule has 24 heavy (non-hydrogen) atoms. The summed E-state index contributed by atoms with van der Waals surface area (Å²) in [6, 6.07) is 5.64. The smallest absolute Gasteiger partial charge is 0.203 e. The third-order valence-corrected chi connectivity index (χ3v) is 5.33. The topological polar surface area (TPSA) is 65.5 Å². The number of thiazole rings is 1. The number of nitrogens with zero attached hydrogens (tertiary/aromatic N) is 4. The largest absolute Gasteiger partial charge is 0.449 e. The van der Waals surface area contributed by atoms with Crippen molar-refractivity contribution in [2.24, 2.45) is 0 Å². The number of ether oxygens (including phenoxy) is 1. The van der Waals surface area contributed by atoms with Gasteiger partial charge in [0.2, 0.25) is 5.76 Å². The summed E-state index contributed by atoms with van der Waals surface area (Å²) in [5, 5.41) is 12.0. The molecule has 2 aromatic heterocycles. The molecular formula is C17H22N4O2S. The van der Waals surface area contributed by atoms with Crippen molar-refractivity contribution in [3.63, 3.8) is 0 Å². The molecule has 0 aliphatic carbocycles. The Hall–Kier alpha value is -1.72. The quantitative estimate of drug-likeness (QED) is 0.801. The fourth-order valence-electron chi connectivity index (χ4n) is 2.76. The third-order valence-electron chi connectivity index (χ3n) is 4.27. The number of aromatic nitrogens is 1. The first-order valence-corrected chi connectivity index (χ1v) is 8.96. The van der Waals surface area contributed by atoms with Crippen LogP contribution in [-0.2, 0) is 17.8 Å². The molecule has 1 unspecified atom stereocenters. The molecule has 1 aliphatic heterocycles. The number of piperazine rings is 1. The van der Waals surface area contributed by atoms with Gasteiger partial charge in [-0.2, -0.15) is 5.26 Å². The molecule has 0 amide bonds. The second kappa shape index (κ2) is 7.90. The Kier molecular flexibility index (Phi) is 5.63. The van der Waals surface area contributed by atoms with Crippen LogP contribution in [-0.4, -0.2) is 48.1 Å². The molecule has 0 aromatic carbocycles. The van der Waals surface area contributed by atoms with Gasteiger partial charge >= 0.3 is 0 Å². The Morgan fingerprint density at radius 2 is 2.00 bits per heavy atom. The molecule has 7 heteroatoms. The molecule has 0 bridgehead atoms. The van der Waals surface area contributed by atoms with Crippen molar-refractivity contribution >= 4 is 11.3 Å². The summed E-state index contributed by atoms with van der Waals surface area (Å²) in [5.74, 6) is 1.24. The van der Waals surface area contributed by atoms with Crippen LogP contribution in [0.15, 0.2) is 21.9 Å². The SMILES string of the molecule is COC(C)c1nc(CN2CCN(Cc3ccc(C#N)o3)CC2)cs1. The lowest BCUT2D eigenvalue weighted by Crippen LogP contribution is -2.45. The van der Waals surface area contributed by atoms with E-state index in [0.29, 0.717) is 5.76 Å². The lowest BCUT2D eigenvalue weighted by molar-refractivity contribution is 0.113. The van der Waals surface area contributed by atoms with Gasteiger partial charge < -0.3 is 9.15 Å². The first-order chi connectivity index (χ1) is 11.7. The molecule has 1 fully saturated rings. The highest BCUT2D eigenvalue weighted by Gasteiger charge is 2.19. The minimum atomic E-state index is 0.0622. The van der Waals surface area contributed by atoms with Crippen molar-refractivity contribution < 1.29 is 9.15 Å². The van der Waals surface area contributed by atoms with Crippen LogP contribution in [0.4, 0.5) is 0 Å². The highest BCUT2D eigenvalue weighted by atomic mass is 32.1. The molecule has 1 saturated heterocycles. The van der Waals surface area contributed by atoms with E-state index in [2.05, 4.69) is 20.2 Å². The monoisotopic (exact) mass is 346 g/mol. The summed E-state index contributed by atoms with van der Waals surface area (Å²) >= 11 is 1.67. The van der Waals surface area contributed by atoms with Crippen LogP contribution in [0.2, 0.25) is 0 Å². The predicted molar refractivity (Wildman–Crippen MR) is 91.5 cm³/mol. The van der Waals surface area contributed by atoms with Gasteiger partial charge in [-0.3, -0.25) is 9.80 Å². The van der Waals surface area contributed by atoms with E-state index in [-0.39, 0.29) is 6.10 Å². The lowest BCUT2D eigenvalue weighted by Gasteiger charge is -2.33. The van der Waals surface area contributed by atoms with E-state index in [0.717, 1.165) is 55.7 Å². The Bertz CT molecular complexity index is 698. The lowest BCUT2D eigenvalue weighted by atomic mass is 10.3. The van der Waals surface area contributed by atoms with Gasteiger partial charge in [-0.15, -0.1) is 11.3 Å². The molecular weight excluding hydrogens is 324 g/mol. The van der Waals surface area contributed by atoms with Crippen molar-refractivity contribution in [1.82, 2.24) is 14.8 Å². The van der Waals surface area contributed by atoms with Gasteiger partial charge in [0, 0.05) is 45.2 Å². The minimum absolute atomic E-state index is 0.0622. The van der Waals surface area contributed by atoms with Gasteiger partial charge in [0.15, 0.2) is 0 Å². The summed E-state index contributed by atoms with van der Waals surface area (Å²) in [5.41, 5.74) is 1.12. The first-order valence-electron chi connectivity index (χ1n) is 8.08. The van der Waals surface area contributed by atoms with Crippen LogP contribution in [0.25, 0.3) is 0 Å². The average molecular weight is 346 g/mol. The van der Waals surface area contributed by atoms with Crippen LogP contribution in [0.5, 0.6) is 0 Å². The molecule has 0 N–H and O–H groups in total. The highest BCUT2D eigenvalue weighted by molar-refractivity contribution is 7.09. The number of hydrogen-bond acceptors (Lipinski definition) is 7. The molecule has 0 spiro atoms. The maximum absolute atomic E-state index is 8.81. The number of rotatable bonds is 6. The summed E-state index contributed by atoms with van der Waals surface area (Å²) in [7, 11) is 1.71. The molecule has 3 rings (SSSR count). The van der Waals surface area contributed by atoms with Crippen LogP contribution >= 0.6 is 11.3 Å². The average Bonchev–Trinajstić information content (AvgIpc) is 3.25. The van der Waals surface area contributed by atoms with E-state index in [1.807, 2.05) is 19.1 Å². The van der Waals surface area contributed by atoms with E-state index in [1.165, 1.54) is 0 Å². The van der Waals surface area contributed by atoms with Gasteiger partial charge in [-0.25, -0.2) is 4.98 Å². The molecule has 0 saturated carbocycles. The van der Waals surface area contributed by atoms with E-state index >= 15 is 0 Å². The van der Waals surface area contributed by atoms with E-state index in [4.69, 9.17) is 14.4 Å². The Morgan fingerprint density at radius 3 is 2.62 bits per heavy atom. The van der Waals surface area contributed by atoms with Gasteiger partial charge in [0.05, 0.1) is 12.2 Å². The highest BCUT2D eigenvalue weighted by Crippen LogP contribution is 2.21. The van der Waals surface area contributed by atoms with E-state index < -0.39 is 0 Å². The number of nitriles is 1. The van der Waals surface area contributed by atoms with Gasteiger partial charge in [-0.1, -0.05) is 0 Å². The second-order valence-electron chi connectivity index (χ2n) is 5.99. The fourth-order valence-corrected chi connectivity index (χ4v) is 3.60. The van der Waals surface area contributed by atoms with Crippen LogP contribution in [0, 0.1) is 11.3 Å². The van der Waals surface area contributed by atoms with Crippen molar-refractivity contribution in [2.75, 3.05) is 33.3 Å². The van der Waals surface area contributed by atoms with Gasteiger partial charge in [-0.05, 0) is 19.1 Å². The van der Waals surface area contributed by atoms with Crippen LogP contribution in [0.1, 0.15) is 35.2 Å². The second-order valence-corrected chi connectivity index (χ2v) is 6.87. The zero-order chi connectivity index (χ0) is 16.9. The number of hydrogen-bond donors (Lipinski definition) is 0. The summed E-state index contributed by atoms with van der Waals surface area (Å²) in [6.07, 6.45) is 0.0622. The van der Waals surface area contributed by atoms with Crippen molar-refractivity contribution in [2.45, 2.75) is 26.1 Å².